The predicted molar refractivity (Wildman–Crippen MR) is 54.9 cm³/mol. The lowest BCUT2D eigenvalue weighted by Gasteiger charge is -2.08. The predicted octanol–water partition coefficient (Wildman–Crippen LogP) is 2.49. The highest BCUT2D eigenvalue weighted by Gasteiger charge is 2.30. The summed E-state index contributed by atoms with van der Waals surface area (Å²) in [5.41, 5.74) is 4.65. The van der Waals surface area contributed by atoms with Crippen molar-refractivity contribution in [3.63, 3.8) is 0 Å². The SMILES string of the molecule is NCC=Cc1cc(C=O)cc(C(F)(F)F)c1. The molecule has 0 spiro atoms. The number of hydrogen-bond donors (Lipinski definition) is 1. The van der Waals surface area contributed by atoms with Gasteiger partial charge < -0.3 is 5.73 Å². The van der Waals surface area contributed by atoms with Crippen molar-refractivity contribution in [3.8, 4) is 0 Å². The normalized spacial score (nSPS) is 12.0. The quantitative estimate of drug-likeness (QED) is 0.809. The molecule has 0 aliphatic rings. The average molecular weight is 229 g/mol. The summed E-state index contributed by atoms with van der Waals surface area (Å²) in [7, 11) is 0. The Labute approximate surface area is 90.6 Å². The highest BCUT2D eigenvalue weighted by Crippen LogP contribution is 2.30. The van der Waals surface area contributed by atoms with Crippen molar-refractivity contribution in [1.29, 1.82) is 0 Å². The van der Waals surface area contributed by atoms with E-state index in [-0.39, 0.29) is 12.1 Å². The summed E-state index contributed by atoms with van der Waals surface area (Å²) in [5.74, 6) is 0. The van der Waals surface area contributed by atoms with Crippen LogP contribution in [0.2, 0.25) is 0 Å². The number of aldehydes is 1. The van der Waals surface area contributed by atoms with Gasteiger partial charge in [0.05, 0.1) is 5.56 Å². The third kappa shape index (κ3) is 3.20. The molecule has 0 unspecified atom stereocenters. The topological polar surface area (TPSA) is 43.1 Å². The fraction of sp³-hybridized carbons (Fsp3) is 0.182. The van der Waals surface area contributed by atoms with Crippen LogP contribution in [0.15, 0.2) is 24.3 Å². The standard InChI is InChI=1S/C11H10F3NO/c12-11(13,14)10-5-8(2-1-3-15)4-9(6-10)7-16/h1-2,4-7H,3,15H2. The summed E-state index contributed by atoms with van der Waals surface area (Å²) in [6.45, 7) is 0.229. The van der Waals surface area contributed by atoms with Gasteiger partial charge >= 0.3 is 6.18 Å². The molecule has 0 amide bonds. The number of benzene rings is 1. The summed E-state index contributed by atoms with van der Waals surface area (Å²) in [4.78, 5) is 10.5. The van der Waals surface area contributed by atoms with Gasteiger partial charge in [0.25, 0.3) is 0 Å². The second kappa shape index (κ2) is 4.94. The molecule has 0 aliphatic heterocycles. The third-order valence-electron chi connectivity index (χ3n) is 1.89. The van der Waals surface area contributed by atoms with Crippen LogP contribution >= 0.6 is 0 Å². The molecule has 0 radical (unpaired) electrons. The van der Waals surface area contributed by atoms with Gasteiger partial charge in [0.15, 0.2) is 0 Å². The molecule has 1 aromatic carbocycles. The number of halogens is 3. The lowest BCUT2D eigenvalue weighted by Crippen LogP contribution is -2.06. The number of rotatable bonds is 3. The van der Waals surface area contributed by atoms with Crippen LogP contribution in [0.1, 0.15) is 21.5 Å². The Bertz CT molecular complexity index is 410. The minimum absolute atomic E-state index is 0.00787. The van der Waals surface area contributed by atoms with Gasteiger partial charge in [0, 0.05) is 12.1 Å². The summed E-state index contributed by atoms with van der Waals surface area (Å²) < 4.78 is 37.3. The summed E-state index contributed by atoms with van der Waals surface area (Å²) in [5, 5.41) is 0. The van der Waals surface area contributed by atoms with Crippen molar-refractivity contribution in [3.05, 3.63) is 41.0 Å². The molecule has 16 heavy (non-hydrogen) atoms. The van der Waals surface area contributed by atoms with E-state index in [1.165, 1.54) is 18.2 Å². The first-order valence-electron chi connectivity index (χ1n) is 4.51. The van der Waals surface area contributed by atoms with E-state index in [2.05, 4.69) is 0 Å². The second-order valence-corrected chi connectivity index (χ2v) is 3.14. The molecule has 86 valence electrons. The maximum Gasteiger partial charge on any atom is 0.416 e. The largest absolute Gasteiger partial charge is 0.416 e. The van der Waals surface area contributed by atoms with Crippen molar-refractivity contribution in [2.75, 3.05) is 6.54 Å². The van der Waals surface area contributed by atoms with Crippen LogP contribution in [0.5, 0.6) is 0 Å². The number of carbonyl (C=O) groups is 1. The van der Waals surface area contributed by atoms with Crippen molar-refractivity contribution in [2.24, 2.45) is 5.73 Å². The molecule has 1 rings (SSSR count). The smallest absolute Gasteiger partial charge is 0.327 e. The zero-order valence-electron chi connectivity index (χ0n) is 8.29. The first-order valence-corrected chi connectivity index (χ1v) is 4.51. The Kier molecular flexibility index (Phi) is 3.84. The Balaban J connectivity index is 3.21. The van der Waals surface area contributed by atoms with E-state index < -0.39 is 11.7 Å². The highest BCUT2D eigenvalue weighted by atomic mass is 19.4. The third-order valence-corrected chi connectivity index (χ3v) is 1.89. The molecule has 0 heterocycles. The molecular formula is C11H10F3NO. The molecule has 0 saturated carbocycles. The van der Waals surface area contributed by atoms with Crippen LogP contribution in [0.25, 0.3) is 6.08 Å². The van der Waals surface area contributed by atoms with Crippen molar-refractivity contribution in [2.45, 2.75) is 6.18 Å². The Morgan fingerprint density at radius 3 is 2.31 bits per heavy atom. The van der Waals surface area contributed by atoms with Crippen molar-refractivity contribution >= 4 is 12.4 Å². The Morgan fingerprint density at radius 2 is 1.81 bits per heavy atom. The van der Waals surface area contributed by atoms with E-state index in [0.29, 0.717) is 11.8 Å². The minimum Gasteiger partial charge on any atom is -0.327 e. The maximum atomic E-state index is 12.4. The second-order valence-electron chi connectivity index (χ2n) is 3.14. The maximum absolute atomic E-state index is 12.4. The molecule has 0 aromatic heterocycles. The molecule has 0 aliphatic carbocycles. The molecule has 0 fully saturated rings. The molecule has 0 bridgehead atoms. The summed E-state index contributed by atoms with van der Waals surface area (Å²) >= 11 is 0. The molecule has 0 saturated heterocycles. The lowest BCUT2D eigenvalue weighted by molar-refractivity contribution is -0.137. The number of carbonyl (C=O) groups excluding carboxylic acids is 1. The van der Waals surface area contributed by atoms with E-state index >= 15 is 0 Å². The first-order chi connectivity index (χ1) is 7.47. The number of nitrogens with two attached hydrogens (primary N) is 1. The molecule has 1 aromatic rings. The lowest BCUT2D eigenvalue weighted by atomic mass is 10.1. The van der Waals surface area contributed by atoms with Crippen LogP contribution in [0, 0.1) is 0 Å². The molecule has 2 nitrogen and oxygen atoms in total. The van der Waals surface area contributed by atoms with Gasteiger partial charge in [-0.15, -0.1) is 0 Å². The van der Waals surface area contributed by atoms with E-state index in [9.17, 15) is 18.0 Å². The zero-order chi connectivity index (χ0) is 12.2. The van der Waals surface area contributed by atoms with Crippen molar-refractivity contribution in [1.82, 2.24) is 0 Å². The van der Waals surface area contributed by atoms with Crippen LogP contribution in [-0.2, 0) is 6.18 Å². The van der Waals surface area contributed by atoms with Gasteiger partial charge in [-0.3, -0.25) is 4.79 Å². The summed E-state index contributed by atoms with van der Waals surface area (Å²) in [6.07, 6.45) is -1.11. The fourth-order valence-corrected chi connectivity index (χ4v) is 1.21. The minimum atomic E-state index is -4.45. The van der Waals surface area contributed by atoms with E-state index in [1.54, 1.807) is 0 Å². The van der Waals surface area contributed by atoms with Crippen LogP contribution in [0.4, 0.5) is 13.2 Å². The average Bonchev–Trinajstić information content (AvgIpc) is 2.24. The van der Waals surface area contributed by atoms with Gasteiger partial charge in [-0.25, -0.2) is 0 Å². The van der Waals surface area contributed by atoms with Gasteiger partial charge in [-0.05, 0) is 23.8 Å². The van der Waals surface area contributed by atoms with E-state index in [1.807, 2.05) is 0 Å². The zero-order valence-corrected chi connectivity index (χ0v) is 8.29. The summed E-state index contributed by atoms with van der Waals surface area (Å²) in [6, 6.07) is 3.15. The van der Waals surface area contributed by atoms with E-state index in [0.717, 1.165) is 12.1 Å². The number of alkyl halides is 3. The van der Waals surface area contributed by atoms with Crippen LogP contribution < -0.4 is 5.73 Å². The van der Waals surface area contributed by atoms with Gasteiger partial charge in [0.2, 0.25) is 0 Å². The van der Waals surface area contributed by atoms with Crippen LogP contribution in [0.3, 0.4) is 0 Å². The molecule has 0 atom stereocenters. The van der Waals surface area contributed by atoms with Gasteiger partial charge in [0.1, 0.15) is 6.29 Å². The number of hydrogen-bond acceptors (Lipinski definition) is 2. The molecule has 5 heteroatoms. The highest BCUT2D eigenvalue weighted by molar-refractivity contribution is 5.77. The monoisotopic (exact) mass is 229 g/mol. The fourth-order valence-electron chi connectivity index (χ4n) is 1.21. The van der Waals surface area contributed by atoms with Gasteiger partial charge in [-0.2, -0.15) is 13.2 Å². The molecular weight excluding hydrogens is 219 g/mol. The van der Waals surface area contributed by atoms with Crippen molar-refractivity contribution < 1.29 is 18.0 Å². The Morgan fingerprint density at radius 1 is 1.19 bits per heavy atom. The van der Waals surface area contributed by atoms with Crippen LogP contribution in [-0.4, -0.2) is 12.8 Å². The first kappa shape index (κ1) is 12.4. The van der Waals surface area contributed by atoms with Gasteiger partial charge in [-0.1, -0.05) is 12.2 Å². The molecule has 2 N–H and O–H groups in total. The Hall–Kier alpha value is -1.62. The van der Waals surface area contributed by atoms with E-state index in [4.69, 9.17) is 5.73 Å².